The molecule has 0 saturated heterocycles. The fourth-order valence-electron chi connectivity index (χ4n) is 1.03. The Labute approximate surface area is 80.7 Å². The Bertz CT molecular complexity index is 391. The summed E-state index contributed by atoms with van der Waals surface area (Å²) >= 11 is 0. The van der Waals surface area contributed by atoms with E-state index in [0.717, 1.165) is 18.2 Å². The number of terminal acetylenes is 1. The number of Topliss-reactive ketones (excluding diaryl/α,β-unsaturated/α-hetero) is 1. The van der Waals surface area contributed by atoms with E-state index in [0.29, 0.717) is 0 Å². The third-order valence-corrected chi connectivity index (χ3v) is 1.73. The van der Waals surface area contributed by atoms with Gasteiger partial charge in [0.25, 0.3) is 0 Å². The maximum atomic E-state index is 13.0. The highest BCUT2D eigenvalue weighted by atomic mass is 19.1. The van der Waals surface area contributed by atoms with Crippen LogP contribution in [0.2, 0.25) is 0 Å². The molecule has 0 radical (unpaired) electrons. The molecular formula is C11H8F2O. The predicted molar refractivity (Wildman–Crippen MR) is 48.8 cm³/mol. The third-order valence-electron chi connectivity index (χ3n) is 1.73. The molecule has 0 unspecified atom stereocenters. The van der Waals surface area contributed by atoms with Gasteiger partial charge in [-0.1, -0.05) is 0 Å². The first-order chi connectivity index (χ1) is 6.65. The molecule has 14 heavy (non-hydrogen) atoms. The van der Waals surface area contributed by atoms with Crippen molar-refractivity contribution in [2.24, 2.45) is 0 Å². The minimum atomic E-state index is -0.714. The molecular weight excluding hydrogens is 186 g/mol. The van der Waals surface area contributed by atoms with E-state index in [2.05, 4.69) is 5.92 Å². The Morgan fingerprint density at radius 1 is 1.43 bits per heavy atom. The average molecular weight is 194 g/mol. The zero-order valence-corrected chi connectivity index (χ0v) is 7.39. The van der Waals surface area contributed by atoms with Crippen molar-refractivity contribution in [1.29, 1.82) is 0 Å². The molecule has 1 rings (SSSR count). The van der Waals surface area contributed by atoms with E-state index >= 15 is 0 Å². The van der Waals surface area contributed by atoms with E-state index in [1.807, 2.05) is 0 Å². The van der Waals surface area contributed by atoms with Gasteiger partial charge >= 0.3 is 0 Å². The van der Waals surface area contributed by atoms with E-state index in [9.17, 15) is 13.6 Å². The molecule has 0 aromatic heterocycles. The molecule has 0 saturated carbocycles. The number of hydrogen-bond donors (Lipinski definition) is 0. The minimum Gasteiger partial charge on any atom is -0.294 e. The standard InChI is InChI=1S/C11H8F2O/c1-2-3-4-11(14)9-7-8(12)5-6-10(9)13/h1,5-7H,3-4H2. The van der Waals surface area contributed by atoms with Gasteiger partial charge in [-0.3, -0.25) is 4.79 Å². The van der Waals surface area contributed by atoms with Crippen LogP contribution >= 0.6 is 0 Å². The molecule has 0 fully saturated rings. The summed E-state index contributed by atoms with van der Waals surface area (Å²) in [6.45, 7) is 0. The van der Waals surface area contributed by atoms with Crippen LogP contribution in [0.1, 0.15) is 23.2 Å². The topological polar surface area (TPSA) is 17.1 Å². The van der Waals surface area contributed by atoms with Gasteiger partial charge in [-0.25, -0.2) is 8.78 Å². The molecule has 0 heterocycles. The highest BCUT2D eigenvalue weighted by Gasteiger charge is 2.11. The monoisotopic (exact) mass is 194 g/mol. The second-order valence-corrected chi connectivity index (χ2v) is 2.75. The normalized spacial score (nSPS) is 9.50. The fraction of sp³-hybridized carbons (Fsp3) is 0.182. The van der Waals surface area contributed by atoms with Crippen LogP contribution in [-0.4, -0.2) is 5.78 Å². The Kier molecular flexibility index (Phi) is 3.35. The predicted octanol–water partition coefficient (Wildman–Crippen LogP) is 2.56. The van der Waals surface area contributed by atoms with E-state index in [4.69, 9.17) is 6.42 Å². The van der Waals surface area contributed by atoms with Crippen LogP contribution in [0.4, 0.5) is 8.78 Å². The van der Waals surface area contributed by atoms with E-state index in [1.54, 1.807) is 0 Å². The van der Waals surface area contributed by atoms with Gasteiger partial charge in [0.2, 0.25) is 0 Å². The van der Waals surface area contributed by atoms with Gasteiger partial charge in [0.05, 0.1) is 5.56 Å². The lowest BCUT2D eigenvalue weighted by Gasteiger charge is -2.00. The van der Waals surface area contributed by atoms with Crippen molar-refractivity contribution in [3.8, 4) is 12.3 Å². The van der Waals surface area contributed by atoms with Crippen LogP contribution in [0.5, 0.6) is 0 Å². The Hall–Kier alpha value is -1.69. The van der Waals surface area contributed by atoms with E-state index in [1.165, 1.54) is 0 Å². The summed E-state index contributed by atoms with van der Waals surface area (Å²) in [7, 11) is 0. The summed E-state index contributed by atoms with van der Waals surface area (Å²) in [5, 5.41) is 0. The fourth-order valence-corrected chi connectivity index (χ4v) is 1.03. The van der Waals surface area contributed by atoms with Crippen LogP contribution in [-0.2, 0) is 0 Å². The number of carbonyl (C=O) groups excluding carboxylic acids is 1. The summed E-state index contributed by atoms with van der Waals surface area (Å²) in [4.78, 5) is 11.3. The molecule has 0 bridgehead atoms. The largest absolute Gasteiger partial charge is 0.294 e. The van der Waals surface area contributed by atoms with Crippen molar-refractivity contribution in [1.82, 2.24) is 0 Å². The lowest BCUT2D eigenvalue weighted by molar-refractivity contribution is 0.0980. The SMILES string of the molecule is C#CCCC(=O)c1cc(F)ccc1F. The van der Waals surface area contributed by atoms with Crippen molar-refractivity contribution in [2.75, 3.05) is 0 Å². The molecule has 0 aliphatic rings. The van der Waals surface area contributed by atoms with Crippen molar-refractivity contribution in [2.45, 2.75) is 12.8 Å². The first kappa shape index (κ1) is 10.4. The van der Waals surface area contributed by atoms with Crippen LogP contribution in [0, 0.1) is 24.0 Å². The molecule has 0 aliphatic carbocycles. The maximum Gasteiger partial charge on any atom is 0.166 e. The number of ketones is 1. The first-order valence-corrected chi connectivity index (χ1v) is 4.07. The number of hydrogen-bond acceptors (Lipinski definition) is 1. The van der Waals surface area contributed by atoms with Gasteiger partial charge in [0.1, 0.15) is 11.6 Å². The molecule has 0 N–H and O–H groups in total. The Morgan fingerprint density at radius 2 is 2.14 bits per heavy atom. The number of halogens is 2. The summed E-state index contributed by atoms with van der Waals surface area (Å²) < 4.78 is 25.7. The highest BCUT2D eigenvalue weighted by molar-refractivity contribution is 5.96. The number of benzene rings is 1. The van der Waals surface area contributed by atoms with Crippen molar-refractivity contribution in [3.05, 3.63) is 35.4 Å². The van der Waals surface area contributed by atoms with Gasteiger partial charge in [-0.15, -0.1) is 12.3 Å². The zero-order chi connectivity index (χ0) is 10.6. The minimum absolute atomic E-state index is 0.0386. The Morgan fingerprint density at radius 3 is 2.79 bits per heavy atom. The van der Waals surface area contributed by atoms with E-state index in [-0.39, 0.29) is 18.4 Å². The molecule has 1 aromatic carbocycles. The molecule has 72 valence electrons. The zero-order valence-electron chi connectivity index (χ0n) is 7.39. The summed E-state index contributed by atoms with van der Waals surface area (Å²) in [5.41, 5.74) is -0.236. The second-order valence-electron chi connectivity index (χ2n) is 2.75. The molecule has 0 spiro atoms. The second kappa shape index (κ2) is 4.52. The van der Waals surface area contributed by atoms with Gasteiger partial charge < -0.3 is 0 Å². The first-order valence-electron chi connectivity index (χ1n) is 4.07. The average Bonchev–Trinajstić information content (AvgIpc) is 2.18. The molecule has 1 nitrogen and oxygen atoms in total. The van der Waals surface area contributed by atoms with Gasteiger partial charge in [-0.2, -0.15) is 0 Å². The third kappa shape index (κ3) is 2.40. The summed E-state index contributed by atoms with van der Waals surface area (Å²) in [6.07, 6.45) is 5.22. The quantitative estimate of drug-likeness (QED) is 0.533. The van der Waals surface area contributed by atoms with Crippen molar-refractivity contribution >= 4 is 5.78 Å². The molecule has 3 heteroatoms. The number of rotatable bonds is 3. The van der Waals surface area contributed by atoms with Gasteiger partial charge in [-0.05, 0) is 18.2 Å². The molecule has 1 aromatic rings. The molecule has 0 amide bonds. The van der Waals surface area contributed by atoms with Crippen LogP contribution in [0.3, 0.4) is 0 Å². The van der Waals surface area contributed by atoms with Crippen LogP contribution < -0.4 is 0 Å². The lowest BCUT2D eigenvalue weighted by atomic mass is 10.1. The van der Waals surface area contributed by atoms with Crippen molar-refractivity contribution in [3.63, 3.8) is 0 Å². The van der Waals surface area contributed by atoms with Crippen molar-refractivity contribution < 1.29 is 13.6 Å². The summed E-state index contributed by atoms with van der Waals surface area (Å²) in [5.74, 6) is 0.450. The van der Waals surface area contributed by atoms with Crippen LogP contribution in [0.25, 0.3) is 0 Å². The van der Waals surface area contributed by atoms with Gasteiger partial charge in [0.15, 0.2) is 5.78 Å². The van der Waals surface area contributed by atoms with E-state index < -0.39 is 17.4 Å². The number of carbonyl (C=O) groups is 1. The molecule has 0 atom stereocenters. The lowest BCUT2D eigenvalue weighted by Crippen LogP contribution is -2.02. The Balaban J connectivity index is 2.90. The van der Waals surface area contributed by atoms with Crippen LogP contribution in [0.15, 0.2) is 18.2 Å². The summed E-state index contributed by atoms with van der Waals surface area (Å²) in [6, 6.07) is 2.78. The smallest absolute Gasteiger partial charge is 0.166 e. The maximum absolute atomic E-state index is 13.0. The highest BCUT2D eigenvalue weighted by Crippen LogP contribution is 2.12. The molecule has 0 aliphatic heterocycles. The van der Waals surface area contributed by atoms with Gasteiger partial charge in [0, 0.05) is 12.8 Å².